The molecular formula is C14H17F3N2. The third-order valence-electron chi connectivity index (χ3n) is 2.83. The molecule has 104 valence electrons. The molecule has 0 spiro atoms. The van der Waals surface area contributed by atoms with Crippen molar-refractivity contribution < 1.29 is 13.2 Å². The summed E-state index contributed by atoms with van der Waals surface area (Å²) in [6.07, 6.45) is -1.31. The van der Waals surface area contributed by atoms with E-state index in [1.807, 2.05) is 12.1 Å². The van der Waals surface area contributed by atoms with Gasteiger partial charge in [-0.2, -0.15) is 18.4 Å². The van der Waals surface area contributed by atoms with E-state index in [0.29, 0.717) is 5.69 Å². The zero-order valence-electron chi connectivity index (χ0n) is 10.8. The van der Waals surface area contributed by atoms with Gasteiger partial charge in [0.1, 0.15) is 0 Å². The summed E-state index contributed by atoms with van der Waals surface area (Å²) in [5.41, 5.74) is 1.77. The summed E-state index contributed by atoms with van der Waals surface area (Å²) in [7, 11) is 0. The molecule has 1 rings (SSSR count). The van der Waals surface area contributed by atoms with Gasteiger partial charge in [-0.3, -0.25) is 0 Å². The van der Waals surface area contributed by atoms with Gasteiger partial charge in [-0.1, -0.05) is 25.5 Å². The Bertz CT molecular complexity index is 418. The summed E-state index contributed by atoms with van der Waals surface area (Å²) in [6, 6.07) is 8.55. The largest absolute Gasteiger partial charge is 0.406 e. The molecule has 2 nitrogen and oxygen atoms in total. The SMILES string of the molecule is CCCCc1ccc(NCC(C#N)C(F)(F)F)cc1. The minimum Gasteiger partial charge on any atom is -0.383 e. The van der Waals surface area contributed by atoms with E-state index in [-0.39, 0.29) is 0 Å². The van der Waals surface area contributed by atoms with Crippen LogP contribution in [0.2, 0.25) is 0 Å². The van der Waals surface area contributed by atoms with Gasteiger partial charge in [-0.05, 0) is 30.5 Å². The Labute approximate surface area is 111 Å². The van der Waals surface area contributed by atoms with E-state index >= 15 is 0 Å². The summed E-state index contributed by atoms with van der Waals surface area (Å²) >= 11 is 0. The average Bonchev–Trinajstić information content (AvgIpc) is 2.37. The number of unbranched alkanes of at least 4 members (excludes halogenated alkanes) is 1. The molecule has 1 unspecified atom stereocenters. The fraction of sp³-hybridized carbons (Fsp3) is 0.500. The quantitative estimate of drug-likeness (QED) is 0.843. The smallest absolute Gasteiger partial charge is 0.383 e. The van der Waals surface area contributed by atoms with E-state index in [1.165, 1.54) is 11.6 Å². The molecule has 0 saturated carbocycles. The van der Waals surface area contributed by atoms with Crippen LogP contribution >= 0.6 is 0 Å². The molecule has 0 aliphatic carbocycles. The lowest BCUT2D eigenvalue weighted by atomic mass is 10.1. The molecule has 5 heteroatoms. The normalized spacial score (nSPS) is 12.8. The minimum absolute atomic E-state index is 0.422. The highest BCUT2D eigenvalue weighted by molar-refractivity contribution is 5.44. The van der Waals surface area contributed by atoms with Crippen molar-refractivity contribution in [1.29, 1.82) is 5.26 Å². The molecule has 1 aromatic carbocycles. The number of anilines is 1. The predicted octanol–water partition coefficient (Wildman–Crippen LogP) is 4.14. The number of rotatable bonds is 6. The Morgan fingerprint density at radius 1 is 1.26 bits per heavy atom. The molecule has 1 N–H and O–H groups in total. The van der Waals surface area contributed by atoms with Gasteiger partial charge in [0.15, 0.2) is 5.92 Å². The van der Waals surface area contributed by atoms with E-state index in [9.17, 15) is 13.2 Å². The van der Waals surface area contributed by atoms with Gasteiger partial charge in [0.2, 0.25) is 0 Å². The Hall–Kier alpha value is -1.70. The number of halogens is 3. The second-order valence-electron chi connectivity index (χ2n) is 4.40. The van der Waals surface area contributed by atoms with Gasteiger partial charge in [-0.15, -0.1) is 0 Å². The fourth-order valence-electron chi connectivity index (χ4n) is 1.62. The van der Waals surface area contributed by atoms with Crippen molar-refractivity contribution in [3.8, 4) is 6.07 Å². The Morgan fingerprint density at radius 2 is 1.89 bits per heavy atom. The second kappa shape index (κ2) is 7.03. The van der Waals surface area contributed by atoms with Crippen LogP contribution in [0.4, 0.5) is 18.9 Å². The van der Waals surface area contributed by atoms with Crippen LogP contribution in [0.5, 0.6) is 0 Å². The number of alkyl halides is 3. The Balaban J connectivity index is 2.52. The summed E-state index contributed by atoms with van der Waals surface area (Å²) in [4.78, 5) is 0. The molecule has 1 aromatic rings. The molecule has 0 radical (unpaired) electrons. The highest BCUT2D eigenvalue weighted by Gasteiger charge is 2.39. The van der Waals surface area contributed by atoms with Crippen LogP contribution < -0.4 is 5.32 Å². The summed E-state index contributed by atoms with van der Waals surface area (Å²) in [6.45, 7) is 1.68. The molecule has 0 aliphatic rings. The van der Waals surface area contributed by atoms with E-state index in [0.717, 1.165) is 19.3 Å². The van der Waals surface area contributed by atoms with Gasteiger partial charge < -0.3 is 5.32 Å². The number of benzene rings is 1. The monoisotopic (exact) mass is 270 g/mol. The fourth-order valence-corrected chi connectivity index (χ4v) is 1.62. The molecule has 0 aromatic heterocycles. The Morgan fingerprint density at radius 3 is 2.37 bits per heavy atom. The van der Waals surface area contributed by atoms with E-state index in [2.05, 4.69) is 12.2 Å². The molecular weight excluding hydrogens is 253 g/mol. The first-order valence-electron chi connectivity index (χ1n) is 6.26. The maximum absolute atomic E-state index is 12.4. The molecule has 19 heavy (non-hydrogen) atoms. The van der Waals surface area contributed by atoms with E-state index in [1.54, 1.807) is 12.1 Å². The average molecular weight is 270 g/mol. The molecule has 1 atom stereocenters. The van der Waals surface area contributed by atoms with Gasteiger partial charge in [0, 0.05) is 12.2 Å². The van der Waals surface area contributed by atoms with Crippen LogP contribution in [0.25, 0.3) is 0 Å². The van der Waals surface area contributed by atoms with Gasteiger partial charge in [-0.25, -0.2) is 0 Å². The van der Waals surface area contributed by atoms with Crippen molar-refractivity contribution in [1.82, 2.24) is 0 Å². The van der Waals surface area contributed by atoms with Crippen molar-refractivity contribution >= 4 is 5.69 Å². The van der Waals surface area contributed by atoms with Crippen LogP contribution in [0.1, 0.15) is 25.3 Å². The number of nitrogens with one attached hydrogen (secondary N) is 1. The van der Waals surface area contributed by atoms with Gasteiger partial charge in [0.05, 0.1) is 6.07 Å². The molecule has 0 fully saturated rings. The molecule has 0 aliphatic heterocycles. The third-order valence-corrected chi connectivity index (χ3v) is 2.83. The maximum Gasteiger partial charge on any atom is 0.406 e. The molecule has 0 amide bonds. The molecule has 0 bridgehead atoms. The first kappa shape index (κ1) is 15.4. The second-order valence-corrected chi connectivity index (χ2v) is 4.40. The number of hydrogen-bond acceptors (Lipinski definition) is 2. The van der Waals surface area contributed by atoms with Crippen LogP contribution in [0.3, 0.4) is 0 Å². The summed E-state index contributed by atoms with van der Waals surface area (Å²) < 4.78 is 37.1. The van der Waals surface area contributed by atoms with Crippen molar-refractivity contribution in [3.05, 3.63) is 29.8 Å². The van der Waals surface area contributed by atoms with Gasteiger partial charge in [0.25, 0.3) is 0 Å². The van der Waals surface area contributed by atoms with Gasteiger partial charge >= 0.3 is 6.18 Å². The molecule has 0 saturated heterocycles. The minimum atomic E-state index is -4.48. The van der Waals surface area contributed by atoms with Crippen molar-refractivity contribution in [2.24, 2.45) is 5.92 Å². The predicted molar refractivity (Wildman–Crippen MR) is 68.7 cm³/mol. The first-order valence-corrected chi connectivity index (χ1v) is 6.26. The third kappa shape index (κ3) is 5.21. The van der Waals surface area contributed by atoms with Crippen molar-refractivity contribution in [2.45, 2.75) is 32.4 Å². The highest BCUT2D eigenvalue weighted by atomic mass is 19.4. The standard InChI is InChI=1S/C14H17F3N2/c1-2-3-4-11-5-7-13(8-6-11)19-10-12(9-18)14(15,16)17/h5-8,12,19H,2-4,10H2,1H3. The zero-order chi connectivity index (χ0) is 14.3. The number of hydrogen-bond donors (Lipinski definition) is 1. The lowest BCUT2D eigenvalue weighted by Gasteiger charge is -2.14. The highest BCUT2D eigenvalue weighted by Crippen LogP contribution is 2.26. The number of nitrogens with zero attached hydrogens (tertiary/aromatic N) is 1. The van der Waals surface area contributed by atoms with Crippen LogP contribution in [0, 0.1) is 17.2 Å². The summed E-state index contributed by atoms with van der Waals surface area (Å²) in [5, 5.41) is 11.1. The van der Waals surface area contributed by atoms with E-state index in [4.69, 9.17) is 5.26 Å². The topological polar surface area (TPSA) is 35.8 Å². The summed E-state index contributed by atoms with van der Waals surface area (Å²) in [5.74, 6) is -1.98. The number of aryl methyl sites for hydroxylation is 1. The Kier molecular flexibility index (Phi) is 5.68. The van der Waals surface area contributed by atoms with Crippen molar-refractivity contribution in [2.75, 3.05) is 11.9 Å². The van der Waals surface area contributed by atoms with Crippen molar-refractivity contribution in [3.63, 3.8) is 0 Å². The van der Waals surface area contributed by atoms with Crippen LogP contribution in [-0.2, 0) is 6.42 Å². The van der Waals surface area contributed by atoms with Crippen LogP contribution in [0.15, 0.2) is 24.3 Å². The first-order chi connectivity index (χ1) is 8.97. The zero-order valence-corrected chi connectivity index (χ0v) is 10.8. The maximum atomic E-state index is 12.4. The lowest BCUT2D eigenvalue weighted by Crippen LogP contribution is -2.28. The number of nitriles is 1. The molecule has 0 heterocycles. The van der Waals surface area contributed by atoms with E-state index < -0.39 is 18.6 Å². The lowest BCUT2D eigenvalue weighted by molar-refractivity contribution is -0.155. The van der Waals surface area contributed by atoms with Crippen LogP contribution in [-0.4, -0.2) is 12.7 Å².